The van der Waals surface area contributed by atoms with Crippen LogP contribution in [0.25, 0.3) is 11.0 Å². The number of aryl methyl sites for hydroxylation is 3. The van der Waals surface area contributed by atoms with Crippen LogP contribution in [0.5, 0.6) is 0 Å². The van der Waals surface area contributed by atoms with Crippen LogP contribution >= 0.6 is 0 Å². The van der Waals surface area contributed by atoms with Crippen LogP contribution in [0.4, 0.5) is 10.2 Å². The number of hydrogen-bond acceptors (Lipinski definition) is 4. The van der Waals surface area contributed by atoms with E-state index in [4.69, 9.17) is 4.42 Å². The summed E-state index contributed by atoms with van der Waals surface area (Å²) in [6.07, 6.45) is 1.58. The fourth-order valence-electron chi connectivity index (χ4n) is 4.11. The highest BCUT2D eigenvalue weighted by Crippen LogP contribution is 2.41. The number of amides is 1. The van der Waals surface area contributed by atoms with Gasteiger partial charge in [0.15, 0.2) is 5.43 Å². The summed E-state index contributed by atoms with van der Waals surface area (Å²) >= 11 is 0. The van der Waals surface area contributed by atoms with E-state index < -0.39 is 17.8 Å². The van der Waals surface area contributed by atoms with E-state index in [1.54, 1.807) is 48.7 Å². The van der Waals surface area contributed by atoms with Gasteiger partial charge < -0.3 is 4.42 Å². The van der Waals surface area contributed by atoms with Crippen LogP contribution in [0.15, 0.2) is 63.9 Å². The number of carbonyl (C=O) groups excluding carboxylic acids is 1. The lowest BCUT2D eigenvalue weighted by molar-refractivity contribution is 0.0970. The summed E-state index contributed by atoms with van der Waals surface area (Å²) in [5, 5.41) is 0.370. The number of anilines is 1. The number of benzene rings is 2. The van der Waals surface area contributed by atoms with Crippen molar-refractivity contribution in [2.24, 2.45) is 0 Å². The minimum Gasteiger partial charge on any atom is -0.450 e. The summed E-state index contributed by atoms with van der Waals surface area (Å²) in [5.41, 5.74) is 3.12. The maximum atomic E-state index is 14.9. The molecule has 1 atom stereocenters. The fourth-order valence-corrected chi connectivity index (χ4v) is 4.11. The maximum absolute atomic E-state index is 14.9. The van der Waals surface area contributed by atoms with Crippen LogP contribution < -0.4 is 10.3 Å². The van der Waals surface area contributed by atoms with Gasteiger partial charge in [-0.2, -0.15) is 0 Å². The van der Waals surface area contributed by atoms with Crippen LogP contribution in [0, 0.1) is 26.6 Å². The Labute approximate surface area is 177 Å². The molecule has 2 aromatic carbocycles. The quantitative estimate of drug-likeness (QED) is 0.463. The smallest absolute Gasteiger partial charge is 0.296 e. The normalized spacial score (nSPS) is 15.5. The molecule has 154 valence electrons. The third-order valence-electron chi connectivity index (χ3n) is 5.83. The zero-order chi connectivity index (χ0) is 21.9. The van der Waals surface area contributed by atoms with Gasteiger partial charge in [0.05, 0.1) is 17.0 Å². The van der Waals surface area contributed by atoms with Gasteiger partial charge in [0, 0.05) is 11.8 Å². The largest absolute Gasteiger partial charge is 0.450 e. The Hall–Kier alpha value is -3.80. The lowest BCUT2D eigenvalue weighted by Gasteiger charge is -2.24. The van der Waals surface area contributed by atoms with Crippen LogP contribution in [0.2, 0.25) is 0 Å². The lowest BCUT2D eigenvalue weighted by atomic mass is 9.97. The van der Waals surface area contributed by atoms with Gasteiger partial charge in [0.1, 0.15) is 17.2 Å². The first-order chi connectivity index (χ1) is 14.9. The van der Waals surface area contributed by atoms with Gasteiger partial charge in [-0.25, -0.2) is 9.37 Å². The molecule has 31 heavy (non-hydrogen) atoms. The molecule has 1 aliphatic rings. The Bertz CT molecular complexity index is 1440. The molecule has 1 aliphatic heterocycles. The van der Waals surface area contributed by atoms with Gasteiger partial charge in [0.2, 0.25) is 5.76 Å². The molecule has 0 unspecified atom stereocenters. The molecule has 1 amide bonds. The molecule has 0 bridgehead atoms. The van der Waals surface area contributed by atoms with Crippen LogP contribution in [0.1, 0.15) is 44.4 Å². The average molecular weight is 414 g/mol. The van der Waals surface area contributed by atoms with Crippen molar-refractivity contribution in [3.63, 3.8) is 0 Å². The second kappa shape index (κ2) is 6.87. The SMILES string of the molecule is Cc1ccnc(N2C(=O)c3oc4cc(C)c(C)cc4c(=O)c3[C@@H]2c2ccccc2F)c1. The number of fused-ring (bicyclic) bond motifs is 2. The number of rotatable bonds is 2. The molecule has 0 fully saturated rings. The third-order valence-corrected chi connectivity index (χ3v) is 5.83. The van der Waals surface area contributed by atoms with Crippen LogP contribution in [0.3, 0.4) is 0 Å². The summed E-state index contributed by atoms with van der Waals surface area (Å²) in [4.78, 5) is 32.7. The summed E-state index contributed by atoms with van der Waals surface area (Å²) in [5.74, 6) is -0.762. The van der Waals surface area contributed by atoms with Gasteiger partial charge in [-0.05, 0) is 67.8 Å². The van der Waals surface area contributed by atoms with E-state index in [1.807, 2.05) is 20.8 Å². The Morgan fingerprint density at radius 1 is 1.00 bits per heavy atom. The van der Waals surface area contributed by atoms with E-state index in [0.717, 1.165) is 16.7 Å². The first-order valence-electron chi connectivity index (χ1n) is 9.95. The Morgan fingerprint density at radius 2 is 1.74 bits per heavy atom. The minimum absolute atomic E-state index is 0.0719. The highest BCUT2D eigenvalue weighted by Gasteiger charge is 2.45. The third kappa shape index (κ3) is 2.86. The molecule has 0 saturated heterocycles. The molecule has 5 nitrogen and oxygen atoms in total. The molecule has 0 N–H and O–H groups in total. The van der Waals surface area contributed by atoms with Crippen molar-refractivity contribution >= 4 is 22.7 Å². The maximum Gasteiger partial charge on any atom is 0.296 e. The Morgan fingerprint density at radius 3 is 2.48 bits per heavy atom. The van der Waals surface area contributed by atoms with Crippen molar-refractivity contribution < 1.29 is 13.6 Å². The molecule has 3 heterocycles. The summed E-state index contributed by atoms with van der Waals surface area (Å²) in [7, 11) is 0. The zero-order valence-electron chi connectivity index (χ0n) is 17.3. The molecular formula is C25H19FN2O3. The van der Waals surface area contributed by atoms with Gasteiger partial charge in [-0.1, -0.05) is 18.2 Å². The van der Waals surface area contributed by atoms with E-state index >= 15 is 0 Å². The van der Waals surface area contributed by atoms with Gasteiger partial charge in [-0.3, -0.25) is 14.5 Å². The van der Waals surface area contributed by atoms with E-state index in [1.165, 1.54) is 11.0 Å². The fraction of sp³-hybridized carbons (Fsp3) is 0.160. The monoisotopic (exact) mass is 414 g/mol. The molecule has 2 aromatic heterocycles. The summed E-state index contributed by atoms with van der Waals surface area (Å²) in [6, 6.07) is 12.2. The first-order valence-corrected chi connectivity index (χ1v) is 9.95. The molecule has 0 spiro atoms. The van der Waals surface area contributed by atoms with Crippen molar-refractivity contribution in [2.45, 2.75) is 26.8 Å². The highest BCUT2D eigenvalue weighted by molar-refractivity contribution is 6.10. The number of hydrogen-bond donors (Lipinski definition) is 0. The van der Waals surface area contributed by atoms with Crippen molar-refractivity contribution in [1.29, 1.82) is 0 Å². The average Bonchev–Trinajstić information content (AvgIpc) is 3.02. The van der Waals surface area contributed by atoms with Crippen LogP contribution in [-0.2, 0) is 0 Å². The number of carbonyl (C=O) groups is 1. The van der Waals surface area contributed by atoms with Crippen molar-refractivity contribution in [2.75, 3.05) is 4.90 Å². The number of nitrogens with zero attached hydrogens (tertiary/aromatic N) is 2. The van der Waals surface area contributed by atoms with Gasteiger partial charge in [-0.15, -0.1) is 0 Å². The molecule has 0 saturated carbocycles. The Balaban J connectivity index is 1.86. The molecule has 0 radical (unpaired) electrons. The van der Waals surface area contributed by atoms with E-state index in [-0.39, 0.29) is 22.3 Å². The highest BCUT2D eigenvalue weighted by atomic mass is 19.1. The number of halogens is 1. The predicted molar refractivity (Wildman–Crippen MR) is 116 cm³/mol. The zero-order valence-corrected chi connectivity index (χ0v) is 17.3. The van der Waals surface area contributed by atoms with Crippen molar-refractivity contribution in [3.05, 3.63) is 104 Å². The van der Waals surface area contributed by atoms with Crippen molar-refractivity contribution in [1.82, 2.24) is 4.98 Å². The topological polar surface area (TPSA) is 63.4 Å². The molecule has 6 heteroatoms. The van der Waals surface area contributed by atoms with Crippen molar-refractivity contribution in [3.8, 4) is 0 Å². The predicted octanol–water partition coefficient (Wildman–Crippen LogP) is 5.00. The van der Waals surface area contributed by atoms with Gasteiger partial charge >= 0.3 is 0 Å². The Kier molecular flexibility index (Phi) is 4.25. The second-order valence-corrected chi connectivity index (χ2v) is 7.90. The molecule has 5 rings (SSSR count). The standard InChI is InChI=1S/C25H19FN2O3/c1-13-8-9-27-20(10-13)28-22(16-6-4-5-7-18(16)26)21-23(29)17-11-14(2)15(3)12-19(17)31-24(21)25(28)30/h4-12,22H,1-3H3/t22-/m0/s1. The van der Waals surface area contributed by atoms with E-state index in [0.29, 0.717) is 16.8 Å². The first kappa shape index (κ1) is 19.2. The summed E-state index contributed by atoms with van der Waals surface area (Å²) in [6.45, 7) is 5.69. The number of aromatic nitrogens is 1. The minimum atomic E-state index is -0.972. The van der Waals surface area contributed by atoms with E-state index in [2.05, 4.69) is 4.98 Å². The van der Waals surface area contributed by atoms with Gasteiger partial charge in [0.25, 0.3) is 5.91 Å². The molecule has 4 aromatic rings. The number of pyridine rings is 1. The van der Waals surface area contributed by atoms with E-state index in [9.17, 15) is 14.0 Å². The lowest BCUT2D eigenvalue weighted by Crippen LogP contribution is -2.30. The van der Waals surface area contributed by atoms with Crippen LogP contribution in [-0.4, -0.2) is 10.9 Å². The second-order valence-electron chi connectivity index (χ2n) is 7.90. The molecular weight excluding hydrogens is 395 g/mol. The molecule has 0 aliphatic carbocycles. The summed E-state index contributed by atoms with van der Waals surface area (Å²) < 4.78 is 20.9.